The summed E-state index contributed by atoms with van der Waals surface area (Å²) >= 11 is 0. The number of Topliss-reactive ketones (excluding diaryl/α,β-unsaturated/α-hetero) is 3. The zero-order chi connectivity index (χ0) is 22.7. The summed E-state index contributed by atoms with van der Waals surface area (Å²) in [6, 6.07) is 0. The molecule has 0 aromatic heterocycles. The first kappa shape index (κ1) is 27.4. The molecule has 0 N–H and O–H groups in total. The Bertz CT molecular complexity index is 553. The van der Waals surface area contributed by atoms with E-state index in [1.807, 2.05) is 60.3 Å². The summed E-state index contributed by atoms with van der Waals surface area (Å²) in [5.41, 5.74) is 0. The lowest BCUT2D eigenvalue weighted by molar-refractivity contribution is -0.139. The van der Waals surface area contributed by atoms with Crippen LogP contribution < -0.4 is 0 Å². The Hall–Kier alpha value is -1.56. The largest absolute Gasteiger partial charge is 0.334 e. The van der Waals surface area contributed by atoms with Crippen molar-refractivity contribution in [3.63, 3.8) is 0 Å². The molecule has 0 aromatic rings. The van der Waals surface area contributed by atoms with Crippen LogP contribution in [0, 0.1) is 23.7 Å². The summed E-state index contributed by atoms with van der Waals surface area (Å²) < 4.78 is 0. The Morgan fingerprint density at radius 1 is 0.586 bits per heavy atom. The highest BCUT2D eigenvalue weighted by Crippen LogP contribution is 2.08. The minimum atomic E-state index is -0.190. The second-order valence-corrected chi connectivity index (χ2v) is 9.16. The zero-order valence-corrected chi connectivity index (χ0v) is 19.8. The molecular formula is C23H42N2O4. The fourth-order valence-electron chi connectivity index (χ4n) is 2.70. The third-order valence-electron chi connectivity index (χ3n) is 5.05. The molecule has 29 heavy (non-hydrogen) atoms. The van der Waals surface area contributed by atoms with E-state index in [1.165, 1.54) is 0 Å². The second kappa shape index (κ2) is 13.6. The fraction of sp³-hybridized carbons (Fsp3) is 0.826. The summed E-state index contributed by atoms with van der Waals surface area (Å²) in [6.07, 6.45) is 1.18. The van der Waals surface area contributed by atoms with Gasteiger partial charge in [0.15, 0.2) is 5.78 Å². The Morgan fingerprint density at radius 2 is 1.07 bits per heavy atom. The van der Waals surface area contributed by atoms with Crippen molar-refractivity contribution in [3.05, 3.63) is 0 Å². The topological polar surface area (TPSA) is 74.8 Å². The second-order valence-electron chi connectivity index (χ2n) is 9.16. The number of amides is 1. The van der Waals surface area contributed by atoms with Crippen molar-refractivity contribution in [2.24, 2.45) is 23.7 Å². The van der Waals surface area contributed by atoms with Gasteiger partial charge in [0, 0.05) is 43.2 Å². The molecule has 168 valence electrons. The molecule has 0 atom stereocenters. The highest BCUT2D eigenvalue weighted by Gasteiger charge is 2.23. The van der Waals surface area contributed by atoms with Crippen molar-refractivity contribution >= 4 is 23.3 Å². The lowest BCUT2D eigenvalue weighted by atomic mass is 10.0. The Labute approximate surface area is 177 Å². The van der Waals surface area contributed by atoms with Gasteiger partial charge in [-0.15, -0.1) is 0 Å². The van der Waals surface area contributed by atoms with Crippen molar-refractivity contribution in [2.75, 3.05) is 32.7 Å². The van der Waals surface area contributed by atoms with Crippen LogP contribution in [0.4, 0.5) is 0 Å². The first-order chi connectivity index (χ1) is 13.4. The zero-order valence-electron chi connectivity index (χ0n) is 19.8. The summed E-state index contributed by atoms with van der Waals surface area (Å²) in [5.74, 6) is -0.0231. The summed E-state index contributed by atoms with van der Waals surface area (Å²) in [7, 11) is 0. The van der Waals surface area contributed by atoms with Gasteiger partial charge < -0.3 is 4.90 Å². The molecule has 0 saturated carbocycles. The van der Waals surface area contributed by atoms with Crippen molar-refractivity contribution in [1.82, 2.24) is 9.80 Å². The van der Waals surface area contributed by atoms with Gasteiger partial charge in [0.05, 0.1) is 13.1 Å². The van der Waals surface area contributed by atoms with E-state index in [0.717, 1.165) is 0 Å². The first-order valence-electron chi connectivity index (χ1n) is 11.0. The molecule has 0 aliphatic rings. The first-order valence-corrected chi connectivity index (χ1v) is 11.0. The minimum absolute atomic E-state index is 0.0157. The maximum atomic E-state index is 12.6. The van der Waals surface area contributed by atoms with E-state index >= 15 is 0 Å². The summed E-state index contributed by atoms with van der Waals surface area (Å²) in [6.45, 7) is 16.8. The molecule has 0 rings (SSSR count). The fourth-order valence-corrected chi connectivity index (χ4v) is 2.70. The predicted octanol–water partition coefficient (Wildman–Crippen LogP) is 3.23. The average Bonchev–Trinajstić information content (AvgIpc) is 2.62. The van der Waals surface area contributed by atoms with Crippen LogP contribution in [0.3, 0.4) is 0 Å². The maximum absolute atomic E-state index is 12.6. The summed E-state index contributed by atoms with van der Waals surface area (Å²) in [4.78, 5) is 52.6. The van der Waals surface area contributed by atoms with Gasteiger partial charge in [-0.3, -0.25) is 24.1 Å². The molecule has 0 aliphatic heterocycles. The Balaban J connectivity index is 5.07. The third-order valence-corrected chi connectivity index (χ3v) is 5.05. The van der Waals surface area contributed by atoms with Crippen molar-refractivity contribution in [2.45, 2.75) is 68.2 Å². The molecule has 0 aromatic carbocycles. The SMILES string of the molecule is CC(C)C(=O)CCCN(CCN(CC(=O)C(C)C)C(=O)C(C)C)CC(=O)C(C)C. The van der Waals surface area contributed by atoms with Crippen molar-refractivity contribution in [1.29, 1.82) is 0 Å². The van der Waals surface area contributed by atoms with E-state index in [4.69, 9.17) is 0 Å². The molecular weight excluding hydrogens is 368 g/mol. The molecule has 0 radical (unpaired) electrons. The van der Waals surface area contributed by atoms with Gasteiger partial charge in [-0.1, -0.05) is 55.4 Å². The normalized spacial score (nSPS) is 11.8. The van der Waals surface area contributed by atoms with Crippen LogP contribution in [-0.4, -0.2) is 65.8 Å². The van der Waals surface area contributed by atoms with E-state index in [1.54, 1.807) is 4.90 Å². The number of carbonyl (C=O) groups excluding carboxylic acids is 4. The monoisotopic (exact) mass is 410 g/mol. The minimum Gasteiger partial charge on any atom is -0.334 e. The molecule has 0 heterocycles. The molecule has 0 fully saturated rings. The number of rotatable bonds is 15. The number of carbonyl (C=O) groups is 4. The number of hydrogen-bond acceptors (Lipinski definition) is 5. The van der Waals surface area contributed by atoms with Crippen LogP contribution in [-0.2, 0) is 19.2 Å². The molecule has 0 spiro atoms. The van der Waals surface area contributed by atoms with Crippen LogP contribution in [0.15, 0.2) is 0 Å². The standard InChI is InChI=1S/C23H42N2O4/c1-16(2)20(26)10-9-11-24(14-21(27)17(3)4)12-13-25(23(29)19(7)8)15-22(28)18(5)6/h16-19H,9-15H2,1-8H3. The lowest BCUT2D eigenvalue weighted by Gasteiger charge is -2.29. The van der Waals surface area contributed by atoms with Gasteiger partial charge in [0.1, 0.15) is 11.6 Å². The van der Waals surface area contributed by atoms with E-state index in [2.05, 4.69) is 0 Å². The van der Waals surface area contributed by atoms with Gasteiger partial charge in [0.2, 0.25) is 5.91 Å². The Kier molecular flexibility index (Phi) is 12.9. The van der Waals surface area contributed by atoms with E-state index < -0.39 is 0 Å². The third kappa shape index (κ3) is 11.3. The van der Waals surface area contributed by atoms with E-state index in [9.17, 15) is 19.2 Å². The predicted molar refractivity (Wildman–Crippen MR) is 117 cm³/mol. The molecule has 6 heteroatoms. The average molecular weight is 411 g/mol. The maximum Gasteiger partial charge on any atom is 0.225 e. The van der Waals surface area contributed by atoms with Crippen LogP contribution in [0.25, 0.3) is 0 Å². The molecule has 0 bridgehead atoms. The van der Waals surface area contributed by atoms with Crippen LogP contribution in [0.5, 0.6) is 0 Å². The van der Waals surface area contributed by atoms with E-state index in [-0.39, 0.29) is 53.5 Å². The molecule has 0 aliphatic carbocycles. The summed E-state index contributed by atoms with van der Waals surface area (Å²) in [5, 5.41) is 0. The highest BCUT2D eigenvalue weighted by atomic mass is 16.2. The van der Waals surface area contributed by atoms with Gasteiger partial charge in [0.25, 0.3) is 0 Å². The molecule has 0 saturated heterocycles. The van der Waals surface area contributed by atoms with Crippen molar-refractivity contribution < 1.29 is 19.2 Å². The lowest BCUT2D eigenvalue weighted by Crippen LogP contribution is -2.45. The van der Waals surface area contributed by atoms with Crippen LogP contribution in [0.1, 0.15) is 68.2 Å². The smallest absolute Gasteiger partial charge is 0.225 e. The van der Waals surface area contributed by atoms with E-state index in [0.29, 0.717) is 39.0 Å². The highest BCUT2D eigenvalue weighted by molar-refractivity contribution is 5.87. The number of ketones is 3. The van der Waals surface area contributed by atoms with Crippen molar-refractivity contribution in [3.8, 4) is 0 Å². The number of hydrogen-bond donors (Lipinski definition) is 0. The number of nitrogens with zero attached hydrogens (tertiary/aromatic N) is 2. The van der Waals surface area contributed by atoms with Crippen LogP contribution in [0.2, 0.25) is 0 Å². The quantitative estimate of drug-likeness (QED) is 0.414. The molecule has 0 unspecified atom stereocenters. The van der Waals surface area contributed by atoms with Gasteiger partial charge in [-0.25, -0.2) is 0 Å². The van der Waals surface area contributed by atoms with Gasteiger partial charge in [-0.05, 0) is 13.0 Å². The van der Waals surface area contributed by atoms with Crippen LogP contribution >= 0.6 is 0 Å². The molecule has 6 nitrogen and oxygen atoms in total. The van der Waals surface area contributed by atoms with Gasteiger partial charge in [-0.2, -0.15) is 0 Å². The van der Waals surface area contributed by atoms with Gasteiger partial charge >= 0.3 is 0 Å². The Morgan fingerprint density at radius 3 is 1.52 bits per heavy atom. The molecule has 1 amide bonds.